The van der Waals surface area contributed by atoms with Crippen LogP contribution in [0.25, 0.3) is 10.9 Å². The summed E-state index contributed by atoms with van der Waals surface area (Å²) in [6, 6.07) is 12.6. The molecule has 1 unspecified atom stereocenters. The van der Waals surface area contributed by atoms with Gasteiger partial charge in [-0.15, -0.1) is 0 Å². The molecule has 0 saturated heterocycles. The average Bonchev–Trinajstić information content (AvgIpc) is 2.72. The lowest BCUT2D eigenvalue weighted by Gasteiger charge is -2.25. The number of rotatable bonds is 6. The van der Waals surface area contributed by atoms with Crippen LogP contribution in [0.1, 0.15) is 34.5 Å². The van der Waals surface area contributed by atoms with E-state index in [4.69, 9.17) is 4.74 Å². The Morgan fingerprint density at radius 1 is 1.14 bits per heavy atom. The number of esters is 1. The molecule has 2 aromatic carbocycles. The summed E-state index contributed by atoms with van der Waals surface area (Å²) in [6.45, 7) is 2.31. The molecule has 0 amide bonds. The maximum Gasteiger partial charge on any atom is 0.337 e. The number of H-pyrrole nitrogens is 1. The van der Waals surface area contributed by atoms with Gasteiger partial charge in [0.25, 0.3) is 5.56 Å². The minimum absolute atomic E-state index is 0.147. The molecule has 0 spiro atoms. The van der Waals surface area contributed by atoms with Crippen molar-refractivity contribution in [3.8, 4) is 0 Å². The van der Waals surface area contributed by atoms with E-state index in [0.29, 0.717) is 10.9 Å². The first-order valence-corrected chi connectivity index (χ1v) is 9.46. The average molecular weight is 395 g/mol. The predicted octanol–water partition coefficient (Wildman–Crippen LogP) is 2.34. The summed E-state index contributed by atoms with van der Waals surface area (Å²) in [5.74, 6) is -0.528. The Balaban J connectivity index is 2.04. The number of methoxy groups -OCH3 is 1. The molecule has 7 heteroatoms. The number of ether oxygens (including phenoxy) is 1. The second-order valence-corrected chi connectivity index (χ2v) is 7.17. The van der Waals surface area contributed by atoms with Crippen LogP contribution in [0.2, 0.25) is 0 Å². The Hall–Kier alpha value is -3.19. The molecule has 0 bridgehead atoms. The van der Waals surface area contributed by atoms with Gasteiger partial charge in [-0.3, -0.25) is 9.36 Å². The minimum Gasteiger partial charge on any atom is -0.465 e. The Kier molecular flexibility index (Phi) is 5.98. The van der Waals surface area contributed by atoms with Crippen LogP contribution < -0.4 is 11.2 Å². The van der Waals surface area contributed by atoms with Crippen LogP contribution >= 0.6 is 0 Å². The molecule has 7 nitrogen and oxygen atoms in total. The van der Waals surface area contributed by atoms with Gasteiger partial charge in [-0.1, -0.05) is 31.2 Å². The highest BCUT2D eigenvalue weighted by Gasteiger charge is 2.19. The highest BCUT2D eigenvalue weighted by atomic mass is 16.5. The summed E-state index contributed by atoms with van der Waals surface area (Å²) in [7, 11) is 5.12. The first-order valence-electron chi connectivity index (χ1n) is 9.46. The molecule has 0 aliphatic rings. The third kappa shape index (κ3) is 4.14. The molecule has 0 fully saturated rings. The fraction of sp³-hybridized carbons (Fsp3) is 0.318. The molecule has 0 aliphatic carbocycles. The van der Waals surface area contributed by atoms with E-state index >= 15 is 0 Å². The number of benzene rings is 2. The molecule has 1 aromatic heterocycles. The van der Waals surface area contributed by atoms with Crippen molar-refractivity contribution < 1.29 is 9.53 Å². The number of hydrogen-bond donors (Lipinski definition) is 1. The van der Waals surface area contributed by atoms with Crippen LogP contribution in [0.15, 0.2) is 52.1 Å². The van der Waals surface area contributed by atoms with E-state index in [1.54, 1.807) is 0 Å². The fourth-order valence-electron chi connectivity index (χ4n) is 3.38. The van der Waals surface area contributed by atoms with E-state index in [2.05, 4.69) is 24.0 Å². The highest BCUT2D eigenvalue weighted by molar-refractivity contribution is 5.93. The summed E-state index contributed by atoms with van der Waals surface area (Å²) in [4.78, 5) is 42.1. The van der Waals surface area contributed by atoms with E-state index in [1.165, 1.54) is 35.4 Å². The second-order valence-electron chi connectivity index (χ2n) is 7.17. The third-order valence-corrected chi connectivity index (χ3v) is 5.15. The van der Waals surface area contributed by atoms with Gasteiger partial charge >= 0.3 is 11.7 Å². The van der Waals surface area contributed by atoms with Gasteiger partial charge in [0.2, 0.25) is 0 Å². The summed E-state index contributed by atoms with van der Waals surface area (Å²) in [6.07, 6.45) is 0.949. The lowest BCUT2D eigenvalue weighted by molar-refractivity contribution is 0.0601. The number of likely N-dealkylation sites (N-methyl/N-ethyl adjacent to an activating group) is 1. The van der Waals surface area contributed by atoms with Crippen LogP contribution in [0, 0.1) is 0 Å². The molecule has 0 radical (unpaired) electrons. The largest absolute Gasteiger partial charge is 0.465 e. The smallest absolute Gasteiger partial charge is 0.337 e. The zero-order chi connectivity index (χ0) is 21.1. The topological polar surface area (TPSA) is 84.4 Å². The normalized spacial score (nSPS) is 12.3. The Bertz CT molecular complexity index is 1140. The molecule has 0 aliphatic heterocycles. The molecule has 0 saturated carbocycles. The molecular weight excluding hydrogens is 370 g/mol. The zero-order valence-corrected chi connectivity index (χ0v) is 17.1. The van der Waals surface area contributed by atoms with E-state index in [-0.39, 0.29) is 18.2 Å². The number of carbonyl (C=O) groups excluding carboxylic acids is 1. The van der Waals surface area contributed by atoms with E-state index in [9.17, 15) is 14.4 Å². The van der Waals surface area contributed by atoms with Crippen LogP contribution in [-0.4, -0.2) is 41.6 Å². The molecule has 3 rings (SSSR count). The van der Waals surface area contributed by atoms with Gasteiger partial charge in [0.1, 0.15) is 0 Å². The van der Waals surface area contributed by atoms with Crippen LogP contribution in [0.3, 0.4) is 0 Å². The number of nitrogens with zero attached hydrogens (tertiary/aromatic N) is 2. The number of aromatic amines is 1. The minimum atomic E-state index is -0.528. The number of nitrogens with one attached hydrogen (secondary N) is 1. The number of aromatic nitrogens is 2. The number of aryl methyl sites for hydroxylation is 1. The highest BCUT2D eigenvalue weighted by Crippen LogP contribution is 2.20. The first kappa shape index (κ1) is 20.5. The van der Waals surface area contributed by atoms with Crippen molar-refractivity contribution in [2.75, 3.05) is 21.2 Å². The van der Waals surface area contributed by atoms with E-state index in [0.717, 1.165) is 12.0 Å². The van der Waals surface area contributed by atoms with Gasteiger partial charge in [0.05, 0.1) is 36.2 Å². The maximum absolute atomic E-state index is 13.0. The van der Waals surface area contributed by atoms with Crippen molar-refractivity contribution in [1.82, 2.24) is 14.5 Å². The Morgan fingerprint density at radius 3 is 2.41 bits per heavy atom. The standard InChI is InChI=1S/C22H25N3O4/c1-5-14-6-8-15(9-7-14)19(24(2)3)13-25-20(26)17-11-10-16(21(27)29-4)12-18(17)23-22(25)28/h6-12,19H,5,13H2,1-4H3,(H,23,28). The van der Waals surface area contributed by atoms with Crippen molar-refractivity contribution in [1.29, 1.82) is 0 Å². The van der Waals surface area contributed by atoms with Crippen LogP contribution in [0.4, 0.5) is 0 Å². The number of carbonyl (C=O) groups is 1. The monoisotopic (exact) mass is 395 g/mol. The van der Waals surface area contributed by atoms with Crippen molar-refractivity contribution in [3.05, 3.63) is 80.0 Å². The van der Waals surface area contributed by atoms with Crippen molar-refractivity contribution in [2.24, 2.45) is 0 Å². The molecule has 1 atom stereocenters. The SMILES string of the molecule is CCc1ccc(C(Cn2c(=O)[nH]c3cc(C(=O)OC)ccc3c2=O)N(C)C)cc1. The van der Waals surface area contributed by atoms with E-state index in [1.807, 2.05) is 31.1 Å². The van der Waals surface area contributed by atoms with Gasteiger partial charge in [-0.25, -0.2) is 9.59 Å². The van der Waals surface area contributed by atoms with Crippen LogP contribution in [0.5, 0.6) is 0 Å². The Morgan fingerprint density at radius 2 is 1.83 bits per heavy atom. The third-order valence-electron chi connectivity index (χ3n) is 5.15. The van der Waals surface area contributed by atoms with Gasteiger partial charge in [-0.2, -0.15) is 0 Å². The lowest BCUT2D eigenvalue weighted by atomic mass is 10.0. The summed E-state index contributed by atoms with van der Waals surface area (Å²) >= 11 is 0. The molecule has 3 aromatic rings. The Labute approximate surface area is 168 Å². The predicted molar refractivity (Wildman–Crippen MR) is 112 cm³/mol. The molecular formula is C22H25N3O4. The molecule has 29 heavy (non-hydrogen) atoms. The number of fused-ring (bicyclic) bond motifs is 1. The summed E-state index contributed by atoms with van der Waals surface area (Å²) < 4.78 is 5.90. The molecule has 1 heterocycles. The van der Waals surface area contributed by atoms with Gasteiger partial charge in [-0.05, 0) is 49.8 Å². The maximum atomic E-state index is 13.0. The fourth-order valence-corrected chi connectivity index (χ4v) is 3.38. The van der Waals surface area contributed by atoms with E-state index < -0.39 is 17.2 Å². The number of hydrogen-bond acceptors (Lipinski definition) is 5. The quantitative estimate of drug-likeness (QED) is 0.648. The van der Waals surface area contributed by atoms with Gasteiger partial charge in [0.15, 0.2) is 0 Å². The molecule has 152 valence electrons. The lowest BCUT2D eigenvalue weighted by Crippen LogP contribution is -2.39. The van der Waals surface area contributed by atoms with Crippen LogP contribution in [-0.2, 0) is 17.7 Å². The van der Waals surface area contributed by atoms with Crippen molar-refractivity contribution in [3.63, 3.8) is 0 Å². The summed E-state index contributed by atoms with van der Waals surface area (Å²) in [5.41, 5.74) is 1.94. The first-order chi connectivity index (χ1) is 13.8. The van der Waals surface area contributed by atoms with Crippen molar-refractivity contribution >= 4 is 16.9 Å². The second kappa shape index (κ2) is 8.45. The van der Waals surface area contributed by atoms with Gasteiger partial charge in [0, 0.05) is 0 Å². The van der Waals surface area contributed by atoms with Crippen molar-refractivity contribution in [2.45, 2.75) is 25.9 Å². The zero-order valence-electron chi connectivity index (χ0n) is 17.1. The molecule has 1 N–H and O–H groups in total. The summed E-state index contributed by atoms with van der Waals surface area (Å²) in [5, 5.41) is 0.344. The van der Waals surface area contributed by atoms with Gasteiger partial charge < -0.3 is 14.6 Å².